The Kier molecular flexibility index (Phi) is 5.14. The predicted molar refractivity (Wildman–Crippen MR) is 75.0 cm³/mol. The number of rotatable bonds is 4. The zero-order chi connectivity index (χ0) is 12.1. The second kappa shape index (κ2) is 6.62. The molecule has 0 aromatic heterocycles. The van der Waals surface area contributed by atoms with E-state index in [1.165, 1.54) is 6.42 Å². The molecule has 0 bridgehead atoms. The summed E-state index contributed by atoms with van der Waals surface area (Å²) in [6.07, 6.45) is 2.34. The maximum atomic E-state index is 6.14. The van der Waals surface area contributed by atoms with E-state index in [-0.39, 0.29) is 0 Å². The van der Waals surface area contributed by atoms with Gasteiger partial charge in [0.25, 0.3) is 0 Å². The molecule has 2 nitrogen and oxygen atoms in total. The Morgan fingerprint density at radius 3 is 3.12 bits per heavy atom. The minimum absolute atomic E-state index is 0.314. The van der Waals surface area contributed by atoms with Gasteiger partial charge in [0, 0.05) is 22.9 Å². The number of benzene rings is 1. The lowest BCUT2D eigenvalue weighted by molar-refractivity contribution is 0.185. The lowest BCUT2D eigenvalue weighted by Gasteiger charge is -2.29. The van der Waals surface area contributed by atoms with Crippen LogP contribution >= 0.6 is 27.5 Å². The van der Waals surface area contributed by atoms with Crippen LogP contribution in [0.25, 0.3) is 0 Å². The smallest absolute Gasteiger partial charge is 0.120 e. The fourth-order valence-electron chi connectivity index (χ4n) is 2.05. The predicted octanol–water partition coefficient (Wildman–Crippen LogP) is 3.53. The van der Waals surface area contributed by atoms with Crippen molar-refractivity contribution in [2.45, 2.75) is 18.2 Å². The number of nitrogens with zero attached hydrogens (tertiary/aromatic N) is 1. The Morgan fingerprint density at radius 1 is 1.47 bits per heavy atom. The zero-order valence-electron chi connectivity index (χ0n) is 9.74. The van der Waals surface area contributed by atoms with Crippen LogP contribution in [0.5, 0.6) is 5.75 Å². The fourth-order valence-corrected chi connectivity index (χ4v) is 2.78. The largest absolute Gasteiger partial charge is 0.492 e. The molecule has 0 radical (unpaired) electrons. The van der Waals surface area contributed by atoms with Crippen molar-refractivity contribution in [1.29, 1.82) is 0 Å². The molecule has 0 saturated carbocycles. The van der Waals surface area contributed by atoms with Crippen molar-refractivity contribution in [2.24, 2.45) is 0 Å². The van der Waals surface area contributed by atoms with E-state index in [0.29, 0.717) is 5.38 Å². The number of piperidine rings is 1. The monoisotopic (exact) mass is 317 g/mol. The number of likely N-dealkylation sites (tertiary alicyclic amines) is 1. The third-order valence-corrected chi connectivity index (χ3v) is 3.77. The summed E-state index contributed by atoms with van der Waals surface area (Å²) in [5, 5.41) is 0.314. The van der Waals surface area contributed by atoms with Gasteiger partial charge in [0.2, 0.25) is 0 Å². The van der Waals surface area contributed by atoms with Gasteiger partial charge in [-0.25, -0.2) is 0 Å². The molecule has 0 amide bonds. The van der Waals surface area contributed by atoms with E-state index < -0.39 is 0 Å². The molecule has 1 aliphatic heterocycles. The van der Waals surface area contributed by atoms with Crippen molar-refractivity contribution in [3.63, 3.8) is 0 Å². The topological polar surface area (TPSA) is 12.5 Å². The SMILES string of the molecule is ClC1CCCN(CCOc2cccc(Br)c2)C1. The molecule has 1 aromatic rings. The van der Waals surface area contributed by atoms with Crippen molar-refractivity contribution in [3.05, 3.63) is 28.7 Å². The third kappa shape index (κ3) is 4.49. The molecule has 0 spiro atoms. The van der Waals surface area contributed by atoms with E-state index in [4.69, 9.17) is 16.3 Å². The summed E-state index contributed by atoms with van der Waals surface area (Å²) in [7, 11) is 0. The maximum Gasteiger partial charge on any atom is 0.120 e. The molecule has 0 aliphatic carbocycles. The number of alkyl halides is 1. The molecule has 1 fully saturated rings. The summed E-state index contributed by atoms with van der Waals surface area (Å²) in [5.74, 6) is 0.916. The lowest BCUT2D eigenvalue weighted by Crippen LogP contribution is -2.38. The number of ether oxygens (including phenoxy) is 1. The van der Waals surface area contributed by atoms with Gasteiger partial charge in [0.15, 0.2) is 0 Å². The van der Waals surface area contributed by atoms with Gasteiger partial charge in [0.1, 0.15) is 12.4 Å². The van der Waals surface area contributed by atoms with E-state index in [0.717, 1.165) is 42.9 Å². The zero-order valence-corrected chi connectivity index (χ0v) is 12.1. The number of hydrogen-bond donors (Lipinski definition) is 0. The van der Waals surface area contributed by atoms with Crippen molar-refractivity contribution < 1.29 is 4.74 Å². The first-order valence-corrected chi connectivity index (χ1v) is 7.22. The molecule has 2 rings (SSSR count). The molecule has 1 aliphatic rings. The van der Waals surface area contributed by atoms with Crippen LogP contribution < -0.4 is 4.74 Å². The highest BCUT2D eigenvalue weighted by Gasteiger charge is 2.17. The quantitative estimate of drug-likeness (QED) is 0.788. The first kappa shape index (κ1) is 13.2. The van der Waals surface area contributed by atoms with E-state index in [2.05, 4.69) is 20.8 Å². The first-order valence-electron chi connectivity index (χ1n) is 5.99. The second-order valence-electron chi connectivity index (χ2n) is 4.35. The summed E-state index contributed by atoms with van der Waals surface area (Å²) in [5.41, 5.74) is 0. The molecular weight excluding hydrogens is 302 g/mol. The molecule has 17 heavy (non-hydrogen) atoms. The molecule has 1 atom stereocenters. The maximum absolute atomic E-state index is 6.14. The Labute approximate surface area is 116 Å². The highest BCUT2D eigenvalue weighted by Crippen LogP contribution is 2.18. The van der Waals surface area contributed by atoms with Gasteiger partial charge < -0.3 is 4.74 Å². The van der Waals surface area contributed by atoms with Crippen LogP contribution in [0.15, 0.2) is 28.7 Å². The molecule has 1 aromatic carbocycles. The normalized spacial score (nSPS) is 21.4. The van der Waals surface area contributed by atoms with Gasteiger partial charge in [-0.05, 0) is 37.6 Å². The summed E-state index contributed by atoms with van der Waals surface area (Å²) >= 11 is 9.57. The highest BCUT2D eigenvalue weighted by atomic mass is 79.9. The summed E-state index contributed by atoms with van der Waals surface area (Å²) < 4.78 is 6.76. The molecule has 1 unspecified atom stereocenters. The number of halogens is 2. The van der Waals surface area contributed by atoms with Crippen LogP contribution in [0, 0.1) is 0 Å². The summed E-state index contributed by atoms with van der Waals surface area (Å²) in [6.45, 7) is 3.81. The van der Waals surface area contributed by atoms with Crippen molar-refractivity contribution in [1.82, 2.24) is 4.90 Å². The fraction of sp³-hybridized carbons (Fsp3) is 0.538. The van der Waals surface area contributed by atoms with Crippen LogP contribution in [0.3, 0.4) is 0 Å². The van der Waals surface area contributed by atoms with Crippen molar-refractivity contribution in [3.8, 4) is 5.75 Å². The minimum atomic E-state index is 0.314. The van der Waals surface area contributed by atoms with Crippen LogP contribution in [-0.2, 0) is 0 Å². The molecule has 94 valence electrons. The first-order chi connectivity index (χ1) is 8.24. The van der Waals surface area contributed by atoms with Gasteiger partial charge in [-0.15, -0.1) is 11.6 Å². The van der Waals surface area contributed by atoms with Crippen LogP contribution in [-0.4, -0.2) is 36.5 Å². The van der Waals surface area contributed by atoms with E-state index >= 15 is 0 Å². The molecule has 0 N–H and O–H groups in total. The highest BCUT2D eigenvalue weighted by molar-refractivity contribution is 9.10. The minimum Gasteiger partial charge on any atom is -0.492 e. The Bertz CT molecular complexity index is 361. The molecule has 4 heteroatoms. The van der Waals surface area contributed by atoms with E-state index in [1.807, 2.05) is 24.3 Å². The standard InChI is InChI=1S/C13H17BrClNO/c14-11-3-1-5-13(9-11)17-8-7-16-6-2-4-12(15)10-16/h1,3,5,9,12H,2,4,6-8,10H2. The van der Waals surface area contributed by atoms with Crippen molar-refractivity contribution >= 4 is 27.5 Å². The Hall–Kier alpha value is -0.250. The van der Waals surface area contributed by atoms with Gasteiger partial charge in [-0.3, -0.25) is 4.90 Å². The lowest BCUT2D eigenvalue weighted by atomic mass is 10.1. The van der Waals surface area contributed by atoms with Crippen LogP contribution in [0.1, 0.15) is 12.8 Å². The average Bonchev–Trinajstić information content (AvgIpc) is 2.29. The molecule has 1 saturated heterocycles. The van der Waals surface area contributed by atoms with Crippen LogP contribution in [0.2, 0.25) is 0 Å². The van der Waals surface area contributed by atoms with Gasteiger partial charge in [-0.1, -0.05) is 22.0 Å². The van der Waals surface area contributed by atoms with Crippen LogP contribution in [0.4, 0.5) is 0 Å². The Morgan fingerprint density at radius 2 is 2.35 bits per heavy atom. The summed E-state index contributed by atoms with van der Waals surface area (Å²) in [6, 6.07) is 7.94. The second-order valence-corrected chi connectivity index (χ2v) is 5.88. The third-order valence-electron chi connectivity index (χ3n) is 2.92. The van der Waals surface area contributed by atoms with E-state index in [9.17, 15) is 0 Å². The Balaban J connectivity index is 1.72. The average molecular weight is 319 g/mol. The summed E-state index contributed by atoms with van der Waals surface area (Å²) in [4.78, 5) is 2.37. The van der Waals surface area contributed by atoms with Gasteiger partial charge in [-0.2, -0.15) is 0 Å². The van der Waals surface area contributed by atoms with E-state index in [1.54, 1.807) is 0 Å². The van der Waals surface area contributed by atoms with Gasteiger partial charge in [0.05, 0.1) is 0 Å². The number of hydrogen-bond acceptors (Lipinski definition) is 2. The molecule has 1 heterocycles. The molecular formula is C13H17BrClNO. The van der Waals surface area contributed by atoms with Gasteiger partial charge >= 0.3 is 0 Å². The van der Waals surface area contributed by atoms with Crippen molar-refractivity contribution in [2.75, 3.05) is 26.2 Å².